The molecule has 2 saturated heterocycles. The van der Waals surface area contributed by atoms with Gasteiger partial charge in [0.05, 0.1) is 13.2 Å². The van der Waals surface area contributed by atoms with E-state index in [9.17, 15) is 13.2 Å². The molecule has 0 bridgehead atoms. The molecule has 19 heavy (non-hydrogen) atoms. The molecule has 2 heterocycles. The summed E-state index contributed by atoms with van der Waals surface area (Å²) in [5.74, 6) is 0.615. The van der Waals surface area contributed by atoms with E-state index in [-0.39, 0.29) is 6.04 Å². The summed E-state index contributed by atoms with van der Waals surface area (Å²) in [6, 6.07) is 0.0673. The first-order valence-electron chi connectivity index (χ1n) is 7.01. The van der Waals surface area contributed by atoms with Crippen molar-refractivity contribution in [3.63, 3.8) is 0 Å². The van der Waals surface area contributed by atoms with Crippen molar-refractivity contribution in [2.75, 3.05) is 46.4 Å². The Labute approximate surface area is 112 Å². The minimum absolute atomic E-state index is 0.0673. The van der Waals surface area contributed by atoms with Crippen LogP contribution < -0.4 is 0 Å². The molecule has 0 aromatic rings. The topological polar surface area (TPSA) is 15.7 Å². The minimum atomic E-state index is -4.09. The van der Waals surface area contributed by atoms with Gasteiger partial charge in [0.25, 0.3) is 0 Å². The lowest BCUT2D eigenvalue weighted by Crippen LogP contribution is -2.47. The Bertz CT molecular complexity index is 272. The summed E-state index contributed by atoms with van der Waals surface area (Å²) in [7, 11) is 1.58. The molecule has 0 amide bonds. The van der Waals surface area contributed by atoms with Crippen LogP contribution in [0.15, 0.2) is 0 Å². The molecule has 2 aliphatic rings. The van der Waals surface area contributed by atoms with E-state index in [1.54, 1.807) is 7.05 Å². The summed E-state index contributed by atoms with van der Waals surface area (Å²) in [6.07, 6.45) is -1.30. The van der Waals surface area contributed by atoms with Crippen LogP contribution in [0.25, 0.3) is 0 Å². The smallest absolute Gasteiger partial charge is 0.381 e. The minimum Gasteiger partial charge on any atom is -0.381 e. The normalized spacial score (nSPS) is 27.3. The predicted octanol–water partition coefficient (Wildman–Crippen LogP) is 1.98. The van der Waals surface area contributed by atoms with Crippen LogP contribution in [0.1, 0.15) is 19.3 Å². The molecule has 0 aromatic carbocycles. The van der Waals surface area contributed by atoms with Crippen molar-refractivity contribution >= 4 is 0 Å². The zero-order valence-electron chi connectivity index (χ0n) is 11.5. The molecule has 0 aromatic heterocycles. The molecule has 0 aliphatic carbocycles. The zero-order chi connectivity index (χ0) is 13.9. The highest BCUT2D eigenvalue weighted by Crippen LogP contribution is 2.23. The van der Waals surface area contributed by atoms with Gasteiger partial charge in [-0.25, -0.2) is 0 Å². The van der Waals surface area contributed by atoms with Crippen molar-refractivity contribution in [2.45, 2.75) is 31.5 Å². The lowest BCUT2D eigenvalue weighted by atomic mass is 10.0. The van der Waals surface area contributed by atoms with Gasteiger partial charge in [-0.2, -0.15) is 13.2 Å². The molecule has 6 heteroatoms. The van der Waals surface area contributed by atoms with Crippen molar-refractivity contribution < 1.29 is 17.9 Å². The molecule has 2 rings (SSSR count). The number of halogens is 3. The van der Waals surface area contributed by atoms with Crippen LogP contribution in [0, 0.1) is 5.92 Å². The summed E-state index contributed by atoms with van der Waals surface area (Å²) in [6.45, 7) is 3.75. The van der Waals surface area contributed by atoms with Crippen LogP contribution in [0.3, 0.4) is 0 Å². The van der Waals surface area contributed by atoms with Crippen LogP contribution in [-0.4, -0.2) is 68.5 Å². The SMILES string of the molecule is CN(CC(F)(F)F)C1CCN(CC2CCOC2)CC1. The van der Waals surface area contributed by atoms with E-state index in [1.807, 2.05) is 0 Å². The molecule has 0 radical (unpaired) electrons. The average molecular weight is 280 g/mol. The van der Waals surface area contributed by atoms with Gasteiger partial charge in [-0.1, -0.05) is 0 Å². The van der Waals surface area contributed by atoms with E-state index in [0.29, 0.717) is 5.92 Å². The maximum atomic E-state index is 12.3. The second kappa shape index (κ2) is 6.41. The van der Waals surface area contributed by atoms with Gasteiger partial charge in [0.1, 0.15) is 0 Å². The molecule has 0 spiro atoms. The maximum Gasteiger partial charge on any atom is 0.401 e. The predicted molar refractivity (Wildman–Crippen MR) is 67.1 cm³/mol. The van der Waals surface area contributed by atoms with Crippen molar-refractivity contribution in [1.29, 1.82) is 0 Å². The highest BCUT2D eigenvalue weighted by molar-refractivity contribution is 4.81. The number of ether oxygens (including phenoxy) is 1. The average Bonchev–Trinajstić information content (AvgIpc) is 2.80. The van der Waals surface area contributed by atoms with E-state index in [1.165, 1.54) is 4.90 Å². The van der Waals surface area contributed by atoms with Crippen molar-refractivity contribution in [1.82, 2.24) is 9.80 Å². The summed E-state index contributed by atoms with van der Waals surface area (Å²) >= 11 is 0. The number of hydrogen-bond donors (Lipinski definition) is 0. The van der Waals surface area contributed by atoms with Gasteiger partial charge >= 0.3 is 6.18 Å². The highest BCUT2D eigenvalue weighted by Gasteiger charge is 2.33. The third kappa shape index (κ3) is 4.93. The quantitative estimate of drug-likeness (QED) is 0.783. The van der Waals surface area contributed by atoms with E-state index in [2.05, 4.69) is 4.90 Å². The molecule has 1 unspecified atom stereocenters. The second-order valence-electron chi connectivity index (χ2n) is 5.79. The number of hydrogen-bond acceptors (Lipinski definition) is 3. The molecule has 112 valence electrons. The molecular formula is C13H23F3N2O. The van der Waals surface area contributed by atoms with E-state index in [0.717, 1.165) is 52.1 Å². The maximum absolute atomic E-state index is 12.3. The Kier molecular flexibility index (Phi) is 5.09. The largest absolute Gasteiger partial charge is 0.401 e. The Hall–Kier alpha value is -0.330. The van der Waals surface area contributed by atoms with Gasteiger partial charge in [-0.15, -0.1) is 0 Å². The molecular weight excluding hydrogens is 257 g/mol. The Morgan fingerprint density at radius 1 is 1.21 bits per heavy atom. The van der Waals surface area contributed by atoms with E-state index in [4.69, 9.17) is 4.74 Å². The monoisotopic (exact) mass is 280 g/mol. The molecule has 0 saturated carbocycles. The summed E-state index contributed by atoms with van der Waals surface area (Å²) in [5, 5.41) is 0. The zero-order valence-corrected chi connectivity index (χ0v) is 11.5. The first-order valence-corrected chi connectivity index (χ1v) is 7.01. The number of alkyl halides is 3. The van der Waals surface area contributed by atoms with Gasteiger partial charge < -0.3 is 9.64 Å². The first-order chi connectivity index (χ1) is 8.94. The highest BCUT2D eigenvalue weighted by atomic mass is 19.4. The Morgan fingerprint density at radius 2 is 1.89 bits per heavy atom. The van der Waals surface area contributed by atoms with E-state index >= 15 is 0 Å². The van der Waals surface area contributed by atoms with Crippen LogP contribution >= 0.6 is 0 Å². The van der Waals surface area contributed by atoms with E-state index < -0.39 is 12.7 Å². The van der Waals surface area contributed by atoms with Crippen LogP contribution in [-0.2, 0) is 4.74 Å². The van der Waals surface area contributed by atoms with Gasteiger partial charge in [-0.05, 0) is 45.3 Å². The number of nitrogens with zero attached hydrogens (tertiary/aromatic N) is 2. The lowest BCUT2D eigenvalue weighted by Gasteiger charge is -2.37. The van der Waals surface area contributed by atoms with Gasteiger partial charge in [-0.3, -0.25) is 4.90 Å². The van der Waals surface area contributed by atoms with Gasteiger partial charge in [0, 0.05) is 19.2 Å². The fraction of sp³-hybridized carbons (Fsp3) is 1.00. The van der Waals surface area contributed by atoms with Crippen LogP contribution in [0.4, 0.5) is 13.2 Å². The van der Waals surface area contributed by atoms with Crippen molar-refractivity contribution in [3.05, 3.63) is 0 Å². The van der Waals surface area contributed by atoms with Gasteiger partial charge in [0.2, 0.25) is 0 Å². The fourth-order valence-corrected chi connectivity index (χ4v) is 3.05. The molecule has 2 aliphatic heterocycles. The number of piperidine rings is 1. The first kappa shape index (κ1) is 15.1. The molecule has 0 N–H and O–H groups in total. The van der Waals surface area contributed by atoms with Crippen molar-refractivity contribution in [2.24, 2.45) is 5.92 Å². The summed E-state index contributed by atoms with van der Waals surface area (Å²) < 4.78 is 42.4. The lowest BCUT2D eigenvalue weighted by molar-refractivity contribution is -0.149. The molecule has 1 atom stereocenters. The summed E-state index contributed by atoms with van der Waals surface area (Å²) in [4.78, 5) is 3.83. The van der Waals surface area contributed by atoms with Gasteiger partial charge in [0.15, 0.2) is 0 Å². The standard InChI is InChI=1S/C13H23F3N2O/c1-17(10-13(14,15)16)12-2-5-18(6-3-12)8-11-4-7-19-9-11/h11-12H,2-10H2,1H3. The van der Waals surface area contributed by atoms with Crippen molar-refractivity contribution in [3.8, 4) is 0 Å². The van der Waals surface area contributed by atoms with Crippen LogP contribution in [0.5, 0.6) is 0 Å². The molecule has 3 nitrogen and oxygen atoms in total. The summed E-state index contributed by atoms with van der Waals surface area (Å²) in [5.41, 5.74) is 0. The molecule has 2 fully saturated rings. The number of rotatable bonds is 4. The van der Waals surface area contributed by atoms with Crippen LogP contribution in [0.2, 0.25) is 0 Å². The number of likely N-dealkylation sites (tertiary alicyclic amines) is 1. The second-order valence-corrected chi connectivity index (χ2v) is 5.79. The third-order valence-electron chi connectivity index (χ3n) is 4.15. The Morgan fingerprint density at radius 3 is 2.42 bits per heavy atom. The third-order valence-corrected chi connectivity index (χ3v) is 4.15. The fourth-order valence-electron chi connectivity index (χ4n) is 3.05. The Balaban J connectivity index is 1.69.